The number of nitrogens with zero attached hydrogens (tertiary/aromatic N) is 1. The van der Waals surface area contributed by atoms with E-state index in [0.29, 0.717) is 18.9 Å². The van der Waals surface area contributed by atoms with Gasteiger partial charge in [-0.25, -0.2) is 0 Å². The predicted molar refractivity (Wildman–Crippen MR) is 73.4 cm³/mol. The second-order valence-corrected chi connectivity index (χ2v) is 5.07. The van der Waals surface area contributed by atoms with Crippen LogP contribution in [0.4, 0.5) is 0 Å². The number of rotatable bonds is 7. The molecule has 0 saturated carbocycles. The first kappa shape index (κ1) is 13.9. The quantitative estimate of drug-likeness (QED) is 0.767. The largest absolute Gasteiger partial charge is 0.494 e. The number of carboxylic acid groups (broad SMARTS) is 1. The zero-order chi connectivity index (χ0) is 13.5. The summed E-state index contributed by atoms with van der Waals surface area (Å²) in [5, 5.41) is 8.76. The molecule has 1 aliphatic rings. The minimum Gasteiger partial charge on any atom is -0.494 e. The predicted octanol–water partition coefficient (Wildman–Crippen LogP) is 2.25. The smallest absolute Gasteiger partial charge is 0.303 e. The van der Waals surface area contributed by atoms with Gasteiger partial charge in [0.2, 0.25) is 0 Å². The van der Waals surface area contributed by atoms with Crippen molar-refractivity contribution in [3.63, 3.8) is 0 Å². The molecular formula is C15H21NO3. The van der Waals surface area contributed by atoms with Crippen LogP contribution in [0.25, 0.3) is 0 Å². The second kappa shape index (κ2) is 7.14. The van der Waals surface area contributed by atoms with Gasteiger partial charge in [0.25, 0.3) is 0 Å². The van der Waals surface area contributed by atoms with Crippen LogP contribution in [-0.4, -0.2) is 42.2 Å². The monoisotopic (exact) mass is 263 g/mol. The average molecular weight is 263 g/mol. The Balaban J connectivity index is 1.58. The highest BCUT2D eigenvalue weighted by molar-refractivity contribution is 5.67. The van der Waals surface area contributed by atoms with Crippen LogP contribution in [0.15, 0.2) is 30.3 Å². The van der Waals surface area contributed by atoms with Crippen molar-refractivity contribution in [2.45, 2.75) is 19.3 Å². The Morgan fingerprint density at radius 1 is 1.37 bits per heavy atom. The summed E-state index contributed by atoms with van der Waals surface area (Å²) in [6, 6.07) is 9.82. The molecule has 1 atom stereocenters. The molecule has 1 aliphatic heterocycles. The molecule has 0 bridgehead atoms. The fourth-order valence-electron chi connectivity index (χ4n) is 2.52. The Labute approximate surface area is 114 Å². The van der Waals surface area contributed by atoms with E-state index in [1.54, 1.807) is 0 Å². The fraction of sp³-hybridized carbons (Fsp3) is 0.533. The summed E-state index contributed by atoms with van der Waals surface area (Å²) in [6.07, 6.45) is 2.29. The molecule has 2 rings (SSSR count). The summed E-state index contributed by atoms with van der Waals surface area (Å²) < 4.78 is 5.64. The molecule has 1 N–H and O–H groups in total. The summed E-state index contributed by atoms with van der Waals surface area (Å²) in [5.74, 6) is 0.555. The van der Waals surface area contributed by atoms with Gasteiger partial charge in [0, 0.05) is 19.5 Å². The molecule has 1 saturated heterocycles. The van der Waals surface area contributed by atoms with Crippen molar-refractivity contribution in [2.75, 3.05) is 26.2 Å². The highest BCUT2D eigenvalue weighted by Gasteiger charge is 2.23. The molecule has 1 unspecified atom stereocenters. The lowest BCUT2D eigenvalue weighted by molar-refractivity contribution is -0.138. The van der Waals surface area contributed by atoms with Crippen molar-refractivity contribution in [3.05, 3.63) is 30.3 Å². The first-order valence-corrected chi connectivity index (χ1v) is 6.86. The van der Waals surface area contributed by atoms with E-state index < -0.39 is 5.97 Å². The zero-order valence-corrected chi connectivity index (χ0v) is 11.1. The van der Waals surface area contributed by atoms with Crippen LogP contribution in [0.2, 0.25) is 0 Å². The Kier molecular flexibility index (Phi) is 5.21. The van der Waals surface area contributed by atoms with E-state index in [9.17, 15) is 4.79 Å². The molecule has 4 heteroatoms. The molecular weight excluding hydrogens is 242 g/mol. The molecule has 4 nitrogen and oxygen atoms in total. The van der Waals surface area contributed by atoms with E-state index in [-0.39, 0.29) is 0 Å². The lowest BCUT2D eigenvalue weighted by Crippen LogP contribution is -2.23. The SMILES string of the molecule is O=C(O)CC1CCN(CCCOc2ccccc2)C1. The van der Waals surface area contributed by atoms with Crippen molar-refractivity contribution >= 4 is 5.97 Å². The van der Waals surface area contributed by atoms with Crippen molar-refractivity contribution in [2.24, 2.45) is 5.92 Å². The topological polar surface area (TPSA) is 49.8 Å². The van der Waals surface area contributed by atoms with E-state index in [2.05, 4.69) is 4.90 Å². The highest BCUT2D eigenvalue weighted by atomic mass is 16.5. The fourth-order valence-corrected chi connectivity index (χ4v) is 2.52. The molecule has 0 amide bonds. The molecule has 1 fully saturated rings. The molecule has 0 aliphatic carbocycles. The van der Waals surface area contributed by atoms with E-state index >= 15 is 0 Å². The van der Waals surface area contributed by atoms with Crippen LogP contribution in [0.5, 0.6) is 5.75 Å². The number of carboxylic acids is 1. The lowest BCUT2D eigenvalue weighted by Gasteiger charge is -2.15. The van der Waals surface area contributed by atoms with Crippen molar-refractivity contribution in [1.29, 1.82) is 0 Å². The number of benzene rings is 1. The third kappa shape index (κ3) is 4.91. The van der Waals surface area contributed by atoms with Gasteiger partial charge in [-0.05, 0) is 37.4 Å². The van der Waals surface area contributed by atoms with E-state index in [1.807, 2.05) is 30.3 Å². The minimum absolute atomic E-state index is 0.303. The van der Waals surface area contributed by atoms with Gasteiger partial charge in [0.15, 0.2) is 0 Å². The summed E-state index contributed by atoms with van der Waals surface area (Å²) in [6.45, 7) is 3.63. The summed E-state index contributed by atoms with van der Waals surface area (Å²) in [5.41, 5.74) is 0. The minimum atomic E-state index is -0.681. The third-order valence-electron chi connectivity index (χ3n) is 3.46. The lowest BCUT2D eigenvalue weighted by atomic mass is 10.1. The van der Waals surface area contributed by atoms with E-state index in [0.717, 1.165) is 38.2 Å². The Hall–Kier alpha value is -1.55. The van der Waals surface area contributed by atoms with Gasteiger partial charge in [-0.3, -0.25) is 4.79 Å². The number of carbonyl (C=O) groups is 1. The van der Waals surface area contributed by atoms with Crippen LogP contribution in [-0.2, 0) is 4.79 Å². The maximum absolute atomic E-state index is 10.6. The standard InChI is InChI=1S/C15H21NO3/c17-15(18)11-13-7-9-16(12-13)8-4-10-19-14-5-2-1-3-6-14/h1-3,5-6,13H,4,7-12H2,(H,17,18). The molecule has 0 radical (unpaired) electrons. The Morgan fingerprint density at radius 3 is 2.89 bits per heavy atom. The van der Waals surface area contributed by atoms with E-state index in [4.69, 9.17) is 9.84 Å². The Morgan fingerprint density at radius 2 is 2.16 bits per heavy atom. The van der Waals surface area contributed by atoms with Crippen LogP contribution in [0.3, 0.4) is 0 Å². The van der Waals surface area contributed by atoms with Gasteiger partial charge in [0.1, 0.15) is 5.75 Å². The maximum Gasteiger partial charge on any atom is 0.303 e. The summed E-state index contributed by atoms with van der Waals surface area (Å²) >= 11 is 0. The van der Waals surface area contributed by atoms with Gasteiger partial charge < -0.3 is 14.7 Å². The van der Waals surface area contributed by atoms with Crippen LogP contribution in [0, 0.1) is 5.92 Å². The number of hydrogen-bond acceptors (Lipinski definition) is 3. The summed E-state index contributed by atoms with van der Waals surface area (Å²) in [7, 11) is 0. The normalized spacial score (nSPS) is 19.5. The number of ether oxygens (including phenoxy) is 1. The zero-order valence-electron chi connectivity index (χ0n) is 11.1. The van der Waals surface area contributed by atoms with E-state index in [1.165, 1.54) is 0 Å². The van der Waals surface area contributed by atoms with Crippen molar-refractivity contribution < 1.29 is 14.6 Å². The number of likely N-dealkylation sites (tertiary alicyclic amines) is 1. The molecule has 0 spiro atoms. The third-order valence-corrected chi connectivity index (χ3v) is 3.46. The molecule has 1 aromatic carbocycles. The number of hydrogen-bond donors (Lipinski definition) is 1. The van der Waals surface area contributed by atoms with Crippen LogP contribution in [0.1, 0.15) is 19.3 Å². The molecule has 104 valence electrons. The van der Waals surface area contributed by atoms with Crippen molar-refractivity contribution in [1.82, 2.24) is 4.90 Å². The van der Waals surface area contributed by atoms with Crippen LogP contribution >= 0.6 is 0 Å². The Bertz CT molecular complexity index is 394. The van der Waals surface area contributed by atoms with Gasteiger partial charge in [-0.15, -0.1) is 0 Å². The molecule has 1 aromatic rings. The first-order chi connectivity index (χ1) is 9.24. The molecule has 19 heavy (non-hydrogen) atoms. The van der Waals surface area contributed by atoms with Crippen LogP contribution < -0.4 is 4.74 Å². The van der Waals surface area contributed by atoms with Gasteiger partial charge in [0.05, 0.1) is 6.61 Å². The number of aliphatic carboxylic acids is 1. The molecule has 0 aromatic heterocycles. The van der Waals surface area contributed by atoms with Gasteiger partial charge in [-0.1, -0.05) is 18.2 Å². The number of para-hydroxylation sites is 1. The first-order valence-electron chi connectivity index (χ1n) is 6.86. The van der Waals surface area contributed by atoms with Gasteiger partial charge >= 0.3 is 5.97 Å². The summed E-state index contributed by atoms with van der Waals surface area (Å²) in [4.78, 5) is 13.0. The van der Waals surface area contributed by atoms with Gasteiger partial charge in [-0.2, -0.15) is 0 Å². The molecule has 1 heterocycles. The highest BCUT2D eigenvalue weighted by Crippen LogP contribution is 2.19. The average Bonchev–Trinajstić information content (AvgIpc) is 2.83. The van der Waals surface area contributed by atoms with Crippen molar-refractivity contribution in [3.8, 4) is 5.75 Å². The second-order valence-electron chi connectivity index (χ2n) is 5.07. The maximum atomic E-state index is 10.6.